The molecule has 0 bridgehead atoms. The molecule has 3 aromatic rings. The van der Waals surface area contributed by atoms with Crippen molar-refractivity contribution in [3.63, 3.8) is 0 Å². The molecule has 0 saturated heterocycles. The molecule has 0 amide bonds. The van der Waals surface area contributed by atoms with Gasteiger partial charge in [-0.1, -0.05) is 13.0 Å². The van der Waals surface area contributed by atoms with Crippen molar-refractivity contribution in [2.24, 2.45) is 27.5 Å². The Balaban J connectivity index is 1.16. The highest BCUT2D eigenvalue weighted by Gasteiger charge is 2.53. The zero-order valence-corrected chi connectivity index (χ0v) is 22.6. The second kappa shape index (κ2) is 10.5. The third-order valence-electron chi connectivity index (χ3n) is 9.35. The van der Waals surface area contributed by atoms with E-state index in [2.05, 4.69) is 18.1 Å². The Morgan fingerprint density at radius 3 is 2.69 bits per heavy atom. The van der Waals surface area contributed by atoms with Gasteiger partial charge in [-0.15, -0.1) is 0 Å². The van der Waals surface area contributed by atoms with Crippen molar-refractivity contribution in [2.45, 2.75) is 58.0 Å². The highest BCUT2D eigenvalue weighted by atomic mass is 19.1. The molecule has 3 aliphatic carbocycles. The third kappa shape index (κ3) is 4.93. The predicted octanol–water partition coefficient (Wildman–Crippen LogP) is 7.45. The van der Waals surface area contributed by atoms with Gasteiger partial charge in [-0.3, -0.25) is 0 Å². The standard InChI is InChI=1S/C33H35FN2O3/c1-33-16-15-28-27-11-7-25(37)18-22(27)4-10-29(28)30(33)12-14-32(33)36-35-19-21-3-13-31(38-2)23(17-21)20-39-26-8-5-24(34)6-9-26/h3,5-9,11,13,17-19,28-30,37H,4,10,12,14-16,20H2,1-2H3/b35-19-,36-32-/t28-,29-,30-,33+/m1/s1. The van der Waals surface area contributed by atoms with E-state index in [0.717, 1.165) is 42.6 Å². The first-order chi connectivity index (χ1) is 18.9. The minimum Gasteiger partial charge on any atom is -0.508 e. The topological polar surface area (TPSA) is 63.4 Å². The maximum Gasteiger partial charge on any atom is 0.125 e. The van der Waals surface area contributed by atoms with Crippen LogP contribution in [0.25, 0.3) is 0 Å². The molecule has 2 saturated carbocycles. The number of hydrogen-bond donors (Lipinski definition) is 1. The van der Waals surface area contributed by atoms with Crippen molar-refractivity contribution in [3.8, 4) is 17.2 Å². The van der Waals surface area contributed by atoms with Gasteiger partial charge in [0.05, 0.1) is 13.3 Å². The van der Waals surface area contributed by atoms with Crippen LogP contribution in [0.4, 0.5) is 4.39 Å². The molecule has 2 fully saturated rings. The van der Waals surface area contributed by atoms with Gasteiger partial charge in [0.1, 0.15) is 29.7 Å². The molecule has 6 heteroatoms. The number of nitrogens with zero attached hydrogens (tertiary/aromatic N) is 2. The van der Waals surface area contributed by atoms with E-state index >= 15 is 0 Å². The summed E-state index contributed by atoms with van der Waals surface area (Å²) >= 11 is 0. The zero-order valence-electron chi connectivity index (χ0n) is 22.6. The summed E-state index contributed by atoms with van der Waals surface area (Å²) in [4.78, 5) is 0. The minimum atomic E-state index is -0.291. The molecule has 0 heterocycles. The molecule has 202 valence electrons. The van der Waals surface area contributed by atoms with Gasteiger partial charge in [0, 0.05) is 16.7 Å². The van der Waals surface area contributed by atoms with Crippen molar-refractivity contribution in [1.29, 1.82) is 0 Å². The third-order valence-corrected chi connectivity index (χ3v) is 9.35. The van der Waals surface area contributed by atoms with Crippen LogP contribution in [0.5, 0.6) is 17.2 Å². The van der Waals surface area contributed by atoms with Crippen LogP contribution in [0.1, 0.15) is 67.2 Å². The number of aromatic hydroxyl groups is 1. The zero-order chi connectivity index (χ0) is 27.0. The van der Waals surface area contributed by atoms with Gasteiger partial charge in [0.25, 0.3) is 0 Å². The van der Waals surface area contributed by atoms with Crippen molar-refractivity contribution in [1.82, 2.24) is 0 Å². The fraction of sp³-hybridized carbons (Fsp3) is 0.394. The molecule has 0 unspecified atom stereocenters. The van der Waals surface area contributed by atoms with Crippen LogP contribution < -0.4 is 9.47 Å². The summed E-state index contributed by atoms with van der Waals surface area (Å²) < 4.78 is 24.6. The van der Waals surface area contributed by atoms with Crippen molar-refractivity contribution in [2.75, 3.05) is 7.11 Å². The molecular formula is C33H35FN2O3. The van der Waals surface area contributed by atoms with E-state index in [-0.39, 0.29) is 11.2 Å². The van der Waals surface area contributed by atoms with E-state index in [9.17, 15) is 9.50 Å². The molecule has 0 radical (unpaired) electrons. The van der Waals surface area contributed by atoms with Crippen LogP contribution in [-0.4, -0.2) is 24.1 Å². The van der Waals surface area contributed by atoms with E-state index in [1.807, 2.05) is 30.3 Å². The highest BCUT2D eigenvalue weighted by Crippen LogP contribution is 2.60. The maximum atomic E-state index is 13.2. The summed E-state index contributed by atoms with van der Waals surface area (Å²) in [6, 6.07) is 17.8. The monoisotopic (exact) mass is 526 g/mol. The lowest BCUT2D eigenvalue weighted by atomic mass is 9.55. The average molecular weight is 527 g/mol. The van der Waals surface area contributed by atoms with Gasteiger partial charge >= 0.3 is 0 Å². The van der Waals surface area contributed by atoms with Crippen molar-refractivity contribution < 1.29 is 19.0 Å². The summed E-state index contributed by atoms with van der Waals surface area (Å²) in [6.07, 6.45) is 8.50. The molecule has 0 aliphatic heterocycles. The number of ether oxygens (including phenoxy) is 2. The van der Waals surface area contributed by atoms with Gasteiger partial charge in [-0.05, 0) is 128 Å². The van der Waals surface area contributed by atoms with Crippen molar-refractivity contribution >= 4 is 11.9 Å². The Morgan fingerprint density at radius 1 is 1.03 bits per heavy atom. The summed E-state index contributed by atoms with van der Waals surface area (Å²) in [5, 5.41) is 19.3. The van der Waals surface area contributed by atoms with Gasteiger partial charge in [0.2, 0.25) is 0 Å². The smallest absolute Gasteiger partial charge is 0.125 e. The Bertz CT molecular complexity index is 1420. The summed E-state index contributed by atoms with van der Waals surface area (Å²) in [5.74, 6) is 3.30. The second-order valence-corrected chi connectivity index (χ2v) is 11.4. The van der Waals surface area contributed by atoms with Gasteiger partial charge in [-0.25, -0.2) is 4.39 Å². The fourth-order valence-corrected chi connectivity index (χ4v) is 7.37. The number of halogens is 1. The molecule has 4 atom stereocenters. The molecule has 1 N–H and O–H groups in total. The fourth-order valence-electron chi connectivity index (χ4n) is 7.37. The van der Waals surface area contributed by atoms with E-state index < -0.39 is 0 Å². The van der Waals surface area contributed by atoms with Gasteiger partial charge < -0.3 is 14.6 Å². The number of hydrogen-bond acceptors (Lipinski definition) is 5. The second-order valence-electron chi connectivity index (χ2n) is 11.4. The number of phenolic OH excluding ortho intramolecular Hbond substituents is 1. The quantitative estimate of drug-likeness (QED) is 0.268. The number of fused-ring (bicyclic) bond motifs is 5. The first kappa shape index (κ1) is 25.6. The number of benzene rings is 3. The van der Waals surface area contributed by atoms with E-state index in [1.165, 1.54) is 41.8 Å². The Hall–Kier alpha value is -3.67. The lowest BCUT2D eigenvalue weighted by Gasteiger charge is -2.49. The van der Waals surface area contributed by atoms with Crippen LogP contribution >= 0.6 is 0 Å². The molecule has 0 aromatic heterocycles. The van der Waals surface area contributed by atoms with E-state index in [4.69, 9.17) is 14.6 Å². The van der Waals surface area contributed by atoms with Crippen LogP contribution in [0.15, 0.2) is 70.9 Å². The summed E-state index contributed by atoms with van der Waals surface area (Å²) in [6.45, 7) is 2.70. The Kier molecular flexibility index (Phi) is 6.88. The first-order valence-corrected chi connectivity index (χ1v) is 13.9. The van der Waals surface area contributed by atoms with E-state index in [1.54, 1.807) is 25.5 Å². The van der Waals surface area contributed by atoms with E-state index in [0.29, 0.717) is 35.9 Å². The Labute approximate surface area is 229 Å². The number of rotatable bonds is 6. The normalized spacial score (nSPS) is 26.7. The molecule has 39 heavy (non-hydrogen) atoms. The molecule has 5 nitrogen and oxygen atoms in total. The molecule has 3 aromatic carbocycles. The largest absolute Gasteiger partial charge is 0.508 e. The number of phenols is 1. The van der Waals surface area contributed by atoms with Crippen LogP contribution in [0.3, 0.4) is 0 Å². The molecule has 0 spiro atoms. The number of methoxy groups -OCH3 is 1. The Morgan fingerprint density at radius 2 is 1.87 bits per heavy atom. The lowest BCUT2D eigenvalue weighted by Crippen LogP contribution is -2.42. The molecule has 6 rings (SSSR count). The number of aryl methyl sites for hydroxylation is 1. The average Bonchev–Trinajstić information content (AvgIpc) is 3.28. The maximum absolute atomic E-state index is 13.2. The van der Waals surface area contributed by atoms with Crippen LogP contribution in [0.2, 0.25) is 0 Å². The lowest BCUT2D eigenvalue weighted by molar-refractivity contribution is 0.0955. The minimum absolute atomic E-state index is 0.0982. The van der Waals surface area contributed by atoms with Crippen LogP contribution in [-0.2, 0) is 13.0 Å². The summed E-state index contributed by atoms with van der Waals surface area (Å²) in [7, 11) is 1.64. The SMILES string of the molecule is COc1ccc(/C=N\N=C2\CC[C@@H]3[C@@H]4CCc5cc(O)ccc5[C@H]4CC[C@]23C)cc1COc1ccc(F)cc1. The highest BCUT2D eigenvalue weighted by molar-refractivity contribution is 5.93. The molecular weight excluding hydrogens is 491 g/mol. The molecule has 3 aliphatic rings. The van der Waals surface area contributed by atoms with Crippen molar-refractivity contribution in [3.05, 3.63) is 88.7 Å². The first-order valence-electron chi connectivity index (χ1n) is 13.9. The van der Waals surface area contributed by atoms with Crippen LogP contribution in [0, 0.1) is 23.1 Å². The summed E-state index contributed by atoms with van der Waals surface area (Å²) in [5.41, 5.74) is 5.92. The van der Waals surface area contributed by atoms with Gasteiger partial charge in [0.15, 0.2) is 0 Å². The van der Waals surface area contributed by atoms with Gasteiger partial charge in [-0.2, -0.15) is 10.2 Å². The predicted molar refractivity (Wildman–Crippen MR) is 151 cm³/mol.